The van der Waals surface area contributed by atoms with Gasteiger partial charge in [-0.1, -0.05) is 168 Å². The molecular formula is C40H80N4O5. The third-order valence-electron chi connectivity index (χ3n) is 8.85. The molecule has 1 amide bonds. The van der Waals surface area contributed by atoms with Crippen molar-refractivity contribution in [3.8, 4) is 0 Å². The second-order valence-corrected chi connectivity index (χ2v) is 13.7. The molecule has 0 aromatic carbocycles. The third-order valence-corrected chi connectivity index (χ3v) is 8.85. The highest BCUT2D eigenvalue weighted by atomic mass is 16.5. The molecule has 1 atom stereocenters. The van der Waals surface area contributed by atoms with Gasteiger partial charge in [-0.25, -0.2) is 4.79 Å². The van der Waals surface area contributed by atoms with E-state index in [1.54, 1.807) is 6.92 Å². The zero-order valence-corrected chi connectivity index (χ0v) is 32.4. The fourth-order valence-electron chi connectivity index (χ4n) is 5.86. The number of esters is 1. The Labute approximate surface area is 301 Å². The fraction of sp³-hybridized carbons (Fsp3) is 0.900. The van der Waals surface area contributed by atoms with Crippen molar-refractivity contribution < 1.29 is 24.2 Å². The Balaban J connectivity index is 0. The molecule has 0 aliphatic heterocycles. The highest BCUT2D eigenvalue weighted by Crippen LogP contribution is 2.15. The van der Waals surface area contributed by atoms with Crippen molar-refractivity contribution in [1.82, 2.24) is 5.32 Å². The summed E-state index contributed by atoms with van der Waals surface area (Å²) in [4.78, 5) is 38.4. The van der Waals surface area contributed by atoms with Gasteiger partial charge in [0.05, 0.1) is 6.61 Å². The molecule has 6 N–H and O–H groups in total. The lowest BCUT2D eigenvalue weighted by Gasteiger charge is -2.17. The number of carboxylic acids is 1. The summed E-state index contributed by atoms with van der Waals surface area (Å²) < 4.78 is 5.04. The molecule has 0 radical (unpaired) electrons. The first kappa shape index (κ1) is 48.8. The molecule has 0 heterocycles. The van der Waals surface area contributed by atoms with Crippen LogP contribution in [0, 0.1) is 0 Å². The number of carbonyl (C=O) groups is 3. The lowest BCUT2D eigenvalue weighted by Crippen LogP contribution is -2.42. The molecule has 0 saturated carbocycles. The molecule has 0 fully saturated rings. The molecule has 0 aromatic heterocycles. The van der Waals surface area contributed by atoms with Gasteiger partial charge in [-0.3, -0.25) is 14.6 Å². The maximum absolute atomic E-state index is 12.1. The monoisotopic (exact) mass is 697 g/mol. The van der Waals surface area contributed by atoms with E-state index >= 15 is 0 Å². The Morgan fingerprint density at radius 1 is 0.571 bits per heavy atom. The van der Waals surface area contributed by atoms with Crippen LogP contribution in [0.4, 0.5) is 0 Å². The van der Waals surface area contributed by atoms with Gasteiger partial charge >= 0.3 is 11.9 Å². The average molecular weight is 697 g/mol. The van der Waals surface area contributed by atoms with Gasteiger partial charge in [0.1, 0.15) is 6.04 Å². The molecule has 0 rings (SSSR count). The number of carboxylic acid groups (broad SMARTS) is 1. The predicted octanol–water partition coefficient (Wildman–Crippen LogP) is 10.1. The van der Waals surface area contributed by atoms with Crippen LogP contribution in [0.25, 0.3) is 0 Å². The van der Waals surface area contributed by atoms with Gasteiger partial charge in [0.2, 0.25) is 5.91 Å². The van der Waals surface area contributed by atoms with Gasteiger partial charge in [-0.15, -0.1) is 0 Å². The topological polar surface area (TPSA) is 157 Å². The third kappa shape index (κ3) is 41.8. The Bertz CT molecular complexity index is 774. The van der Waals surface area contributed by atoms with E-state index in [2.05, 4.69) is 24.2 Å². The van der Waals surface area contributed by atoms with Crippen LogP contribution in [0.1, 0.15) is 213 Å². The number of nitrogens with zero attached hydrogens (tertiary/aromatic N) is 1. The van der Waals surface area contributed by atoms with Gasteiger partial charge in [0.25, 0.3) is 0 Å². The smallest absolute Gasteiger partial charge is 0.328 e. The Morgan fingerprint density at radius 3 is 1.29 bits per heavy atom. The standard InChI is InChI=1S/C20H40N4O3.C20H40O2/c1-3-5-6-7-8-9-10-11-12-15-18(25)24-17(19(26)27-4-2)14-13-16-23-20(21)22;1-2-3-4-5-6-7-8-9-10-11-12-13-14-15-16-17-18-19-20(21)22/h17H,3-16H2,1-2H3,(H,24,25)(H4,21,22,23);2-19H2,1H3,(H,21,22)/t17-;/m0./s1. The number of hydrogen-bond donors (Lipinski definition) is 4. The quantitative estimate of drug-likeness (QED) is 0.0222. The Hall–Kier alpha value is -2.32. The summed E-state index contributed by atoms with van der Waals surface area (Å²) in [5, 5.41) is 11.3. The number of amides is 1. The van der Waals surface area contributed by atoms with Crippen molar-refractivity contribution >= 4 is 23.8 Å². The van der Waals surface area contributed by atoms with Crippen molar-refractivity contribution in [2.75, 3.05) is 13.2 Å². The lowest BCUT2D eigenvalue weighted by atomic mass is 10.0. The molecule has 0 saturated heterocycles. The highest BCUT2D eigenvalue weighted by molar-refractivity contribution is 5.84. The van der Waals surface area contributed by atoms with E-state index in [-0.39, 0.29) is 18.5 Å². The Morgan fingerprint density at radius 2 is 0.939 bits per heavy atom. The van der Waals surface area contributed by atoms with Crippen LogP contribution in [0.3, 0.4) is 0 Å². The number of aliphatic carboxylic acids is 1. The summed E-state index contributed by atoms with van der Waals surface area (Å²) in [5.74, 6) is -1.13. The van der Waals surface area contributed by atoms with Gasteiger partial charge in [0.15, 0.2) is 5.96 Å². The van der Waals surface area contributed by atoms with Crippen LogP contribution >= 0.6 is 0 Å². The molecule has 0 unspecified atom stereocenters. The average Bonchev–Trinajstić information content (AvgIpc) is 3.07. The zero-order chi connectivity index (χ0) is 36.6. The molecule has 0 spiro atoms. The first-order valence-corrected chi connectivity index (χ1v) is 20.5. The molecule has 0 aliphatic rings. The van der Waals surface area contributed by atoms with Crippen molar-refractivity contribution in [2.24, 2.45) is 16.5 Å². The minimum absolute atomic E-state index is 0.0251. The number of hydrogen-bond acceptors (Lipinski definition) is 5. The number of carbonyl (C=O) groups excluding carboxylic acids is 2. The molecule has 0 bridgehead atoms. The van der Waals surface area contributed by atoms with Gasteiger partial charge in [-0.2, -0.15) is 0 Å². The number of unbranched alkanes of at least 4 members (excludes halogenated alkanes) is 24. The molecule has 0 aliphatic carbocycles. The van der Waals surface area contributed by atoms with Crippen LogP contribution in [-0.2, 0) is 19.1 Å². The van der Waals surface area contributed by atoms with Crippen LogP contribution in [0.15, 0.2) is 4.99 Å². The van der Waals surface area contributed by atoms with E-state index in [1.807, 2.05) is 0 Å². The summed E-state index contributed by atoms with van der Waals surface area (Å²) in [6.45, 7) is 6.96. The van der Waals surface area contributed by atoms with Crippen LogP contribution < -0.4 is 16.8 Å². The largest absolute Gasteiger partial charge is 0.481 e. The number of guanidine groups is 1. The van der Waals surface area contributed by atoms with Crippen LogP contribution in [0.5, 0.6) is 0 Å². The first-order chi connectivity index (χ1) is 23.8. The van der Waals surface area contributed by atoms with Gasteiger partial charge in [-0.05, 0) is 32.6 Å². The summed E-state index contributed by atoms with van der Waals surface area (Å²) >= 11 is 0. The van der Waals surface area contributed by atoms with Crippen molar-refractivity contribution in [1.29, 1.82) is 0 Å². The number of rotatable bonds is 35. The molecule has 9 heteroatoms. The molecular weight excluding hydrogens is 616 g/mol. The molecule has 290 valence electrons. The van der Waals surface area contributed by atoms with E-state index in [0.717, 1.165) is 25.7 Å². The maximum atomic E-state index is 12.1. The van der Waals surface area contributed by atoms with E-state index < -0.39 is 18.0 Å². The van der Waals surface area contributed by atoms with E-state index in [0.29, 0.717) is 32.2 Å². The van der Waals surface area contributed by atoms with Crippen molar-refractivity contribution in [2.45, 2.75) is 219 Å². The second kappa shape index (κ2) is 40.1. The van der Waals surface area contributed by atoms with E-state index in [9.17, 15) is 14.4 Å². The number of nitrogens with two attached hydrogens (primary N) is 2. The molecule has 0 aromatic rings. The predicted molar refractivity (Wildman–Crippen MR) is 207 cm³/mol. The number of ether oxygens (including phenoxy) is 1. The van der Waals surface area contributed by atoms with Crippen LogP contribution in [-0.4, -0.2) is 48.1 Å². The normalized spacial score (nSPS) is 11.3. The number of aliphatic imine (C=N–C) groups is 1. The molecule has 9 nitrogen and oxygen atoms in total. The summed E-state index contributed by atoms with van der Waals surface area (Å²) in [6, 6.07) is -0.634. The lowest BCUT2D eigenvalue weighted by molar-refractivity contribution is -0.147. The van der Waals surface area contributed by atoms with Gasteiger partial charge in [0, 0.05) is 19.4 Å². The summed E-state index contributed by atoms with van der Waals surface area (Å²) in [5.41, 5.74) is 10.6. The van der Waals surface area contributed by atoms with Crippen LogP contribution in [0.2, 0.25) is 0 Å². The summed E-state index contributed by atoms with van der Waals surface area (Å²) in [7, 11) is 0. The zero-order valence-electron chi connectivity index (χ0n) is 32.4. The molecule has 49 heavy (non-hydrogen) atoms. The maximum Gasteiger partial charge on any atom is 0.328 e. The minimum Gasteiger partial charge on any atom is -0.481 e. The minimum atomic E-state index is -0.652. The second-order valence-electron chi connectivity index (χ2n) is 13.7. The fourth-order valence-corrected chi connectivity index (χ4v) is 5.86. The first-order valence-electron chi connectivity index (χ1n) is 20.5. The SMILES string of the molecule is CCCCCCCCCCCC(=O)N[C@@H](CCCN=C(N)N)C(=O)OCC.CCCCCCCCCCCCCCCCCCCC(=O)O. The number of nitrogens with one attached hydrogen (secondary N) is 1. The van der Waals surface area contributed by atoms with Gasteiger partial charge < -0.3 is 26.6 Å². The van der Waals surface area contributed by atoms with Crippen molar-refractivity contribution in [3.63, 3.8) is 0 Å². The Kier molecular flexibility index (Phi) is 39.9. The van der Waals surface area contributed by atoms with E-state index in [1.165, 1.54) is 141 Å². The highest BCUT2D eigenvalue weighted by Gasteiger charge is 2.21. The van der Waals surface area contributed by atoms with E-state index in [4.69, 9.17) is 21.3 Å². The van der Waals surface area contributed by atoms with Crippen molar-refractivity contribution in [3.05, 3.63) is 0 Å². The summed E-state index contributed by atoms with van der Waals surface area (Å²) in [6.07, 6.45) is 35.5.